The van der Waals surface area contributed by atoms with E-state index in [0.717, 1.165) is 37.5 Å². The highest BCUT2D eigenvalue weighted by molar-refractivity contribution is 5.84. The summed E-state index contributed by atoms with van der Waals surface area (Å²) in [6.45, 7) is 4.50. The van der Waals surface area contributed by atoms with Gasteiger partial charge in [0.05, 0.1) is 0 Å². The van der Waals surface area contributed by atoms with Crippen LogP contribution in [0.15, 0.2) is 36.4 Å². The molecule has 1 saturated carbocycles. The van der Waals surface area contributed by atoms with Crippen LogP contribution in [0.5, 0.6) is 5.75 Å². The Balaban J connectivity index is 1.70. The summed E-state index contributed by atoms with van der Waals surface area (Å²) in [6, 6.07) is 13.0. The summed E-state index contributed by atoms with van der Waals surface area (Å²) in [5.41, 5.74) is 1.45. The van der Waals surface area contributed by atoms with E-state index in [1.54, 1.807) is 6.07 Å². The quantitative estimate of drug-likeness (QED) is 0.912. The van der Waals surface area contributed by atoms with Crippen molar-refractivity contribution in [1.82, 2.24) is 10.2 Å². The molecule has 0 unspecified atom stereocenters. The standard InChI is InChI=1S/C19H24N2O/c22-18-7-6-15-12-17(5-4-16(15)13-18)19(14-2-1-3-14)21-10-8-20-9-11-21/h4-7,12-14,19-20,22H,1-3,8-11H2/t19-/m1/s1. The van der Waals surface area contributed by atoms with E-state index in [1.165, 1.54) is 30.2 Å². The minimum atomic E-state index is 0.345. The first-order chi connectivity index (χ1) is 10.8. The van der Waals surface area contributed by atoms with Gasteiger partial charge >= 0.3 is 0 Å². The first kappa shape index (κ1) is 14.0. The van der Waals surface area contributed by atoms with Gasteiger partial charge in [0.25, 0.3) is 0 Å². The van der Waals surface area contributed by atoms with E-state index in [9.17, 15) is 5.11 Å². The van der Waals surface area contributed by atoms with Gasteiger partial charge in [-0.25, -0.2) is 0 Å². The molecule has 116 valence electrons. The third-order valence-corrected chi connectivity index (χ3v) is 5.33. The molecule has 4 rings (SSSR count). The lowest BCUT2D eigenvalue weighted by atomic mass is 9.76. The lowest BCUT2D eigenvalue weighted by Crippen LogP contribution is -2.47. The predicted octanol–water partition coefficient (Wildman–Crippen LogP) is 3.29. The van der Waals surface area contributed by atoms with Gasteiger partial charge in [0.15, 0.2) is 0 Å². The molecule has 2 aromatic carbocycles. The number of rotatable bonds is 3. The van der Waals surface area contributed by atoms with Gasteiger partial charge in [-0.15, -0.1) is 0 Å². The lowest BCUT2D eigenvalue weighted by molar-refractivity contribution is 0.0838. The molecule has 3 nitrogen and oxygen atoms in total. The van der Waals surface area contributed by atoms with Gasteiger partial charge in [0.1, 0.15) is 5.75 Å². The summed E-state index contributed by atoms with van der Waals surface area (Å²) in [6.07, 6.45) is 4.11. The Morgan fingerprint density at radius 3 is 2.45 bits per heavy atom. The minimum absolute atomic E-state index is 0.345. The van der Waals surface area contributed by atoms with Gasteiger partial charge in [-0.1, -0.05) is 24.6 Å². The van der Waals surface area contributed by atoms with Crippen molar-refractivity contribution < 1.29 is 5.11 Å². The normalized spacial score (nSPS) is 21.6. The van der Waals surface area contributed by atoms with E-state index in [-0.39, 0.29) is 0 Å². The topological polar surface area (TPSA) is 35.5 Å². The number of hydrogen-bond donors (Lipinski definition) is 2. The highest BCUT2D eigenvalue weighted by Gasteiger charge is 2.33. The third-order valence-electron chi connectivity index (χ3n) is 5.33. The van der Waals surface area contributed by atoms with Crippen molar-refractivity contribution in [2.75, 3.05) is 26.2 Å². The number of fused-ring (bicyclic) bond motifs is 1. The Bertz CT molecular complexity index is 660. The molecule has 1 aliphatic carbocycles. The minimum Gasteiger partial charge on any atom is -0.508 e. The molecule has 0 radical (unpaired) electrons. The van der Waals surface area contributed by atoms with E-state index >= 15 is 0 Å². The van der Waals surface area contributed by atoms with Crippen LogP contribution in [0, 0.1) is 5.92 Å². The van der Waals surface area contributed by atoms with Gasteiger partial charge in [0.2, 0.25) is 0 Å². The molecule has 2 aliphatic rings. The molecule has 1 heterocycles. The van der Waals surface area contributed by atoms with E-state index in [1.807, 2.05) is 12.1 Å². The van der Waals surface area contributed by atoms with Crippen molar-refractivity contribution >= 4 is 10.8 Å². The van der Waals surface area contributed by atoms with Crippen LogP contribution in [0.1, 0.15) is 30.9 Å². The molecule has 2 N–H and O–H groups in total. The highest BCUT2D eigenvalue weighted by Crippen LogP contribution is 2.42. The molecular formula is C19H24N2O. The molecule has 3 heteroatoms. The zero-order valence-corrected chi connectivity index (χ0v) is 13.0. The van der Waals surface area contributed by atoms with Gasteiger partial charge in [-0.2, -0.15) is 0 Å². The number of piperazine rings is 1. The van der Waals surface area contributed by atoms with Crippen molar-refractivity contribution in [3.8, 4) is 5.75 Å². The van der Waals surface area contributed by atoms with Crippen LogP contribution in [-0.2, 0) is 0 Å². The van der Waals surface area contributed by atoms with Crippen LogP contribution in [0.4, 0.5) is 0 Å². The second-order valence-electron chi connectivity index (χ2n) is 6.71. The average molecular weight is 296 g/mol. The van der Waals surface area contributed by atoms with Gasteiger partial charge in [-0.05, 0) is 53.3 Å². The fourth-order valence-electron chi connectivity index (χ4n) is 3.93. The molecule has 22 heavy (non-hydrogen) atoms. The van der Waals surface area contributed by atoms with Gasteiger partial charge in [0, 0.05) is 32.2 Å². The van der Waals surface area contributed by atoms with Crippen LogP contribution in [0.3, 0.4) is 0 Å². The number of aromatic hydroxyl groups is 1. The molecule has 2 fully saturated rings. The zero-order chi connectivity index (χ0) is 14.9. The molecule has 1 atom stereocenters. The second kappa shape index (κ2) is 5.90. The number of nitrogens with zero attached hydrogens (tertiary/aromatic N) is 1. The summed E-state index contributed by atoms with van der Waals surface area (Å²) >= 11 is 0. The molecule has 0 amide bonds. The fourth-order valence-corrected chi connectivity index (χ4v) is 3.93. The molecule has 1 saturated heterocycles. The number of nitrogens with one attached hydrogen (secondary N) is 1. The molecule has 0 bridgehead atoms. The van der Waals surface area contributed by atoms with Crippen LogP contribution in [0.2, 0.25) is 0 Å². The predicted molar refractivity (Wildman–Crippen MR) is 90.1 cm³/mol. The smallest absolute Gasteiger partial charge is 0.116 e. The Hall–Kier alpha value is -1.58. The molecule has 0 aromatic heterocycles. The maximum absolute atomic E-state index is 9.63. The Morgan fingerprint density at radius 2 is 1.73 bits per heavy atom. The maximum atomic E-state index is 9.63. The fraction of sp³-hybridized carbons (Fsp3) is 0.474. The van der Waals surface area contributed by atoms with E-state index in [0.29, 0.717) is 11.8 Å². The van der Waals surface area contributed by atoms with Gasteiger partial charge < -0.3 is 10.4 Å². The summed E-state index contributed by atoms with van der Waals surface area (Å²) in [7, 11) is 0. The van der Waals surface area contributed by atoms with Crippen LogP contribution in [-0.4, -0.2) is 36.2 Å². The Labute approximate surface area is 131 Å². The van der Waals surface area contributed by atoms with E-state index in [4.69, 9.17) is 0 Å². The Morgan fingerprint density at radius 1 is 1.00 bits per heavy atom. The van der Waals surface area contributed by atoms with Crippen molar-refractivity contribution in [3.05, 3.63) is 42.0 Å². The molecular weight excluding hydrogens is 272 g/mol. The molecule has 0 spiro atoms. The van der Waals surface area contributed by atoms with E-state index < -0.39 is 0 Å². The number of phenols is 1. The SMILES string of the molecule is Oc1ccc2cc([C@@H](C3CCC3)N3CCNCC3)ccc2c1. The van der Waals surface area contributed by atoms with Crippen molar-refractivity contribution in [3.63, 3.8) is 0 Å². The van der Waals surface area contributed by atoms with Gasteiger partial charge in [-0.3, -0.25) is 4.90 Å². The zero-order valence-electron chi connectivity index (χ0n) is 13.0. The molecule has 1 aliphatic heterocycles. The summed E-state index contributed by atoms with van der Waals surface area (Å²) in [5, 5.41) is 15.4. The van der Waals surface area contributed by atoms with Crippen molar-refractivity contribution in [2.45, 2.75) is 25.3 Å². The highest BCUT2D eigenvalue weighted by atomic mass is 16.3. The van der Waals surface area contributed by atoms with Crippen molar-refractivity contribution in [2.24, 2.45) is 5.92 Å². The Kier molecular flexibility index (Phi) is 3.77. The number of phenolic OH excluding ortho intramolecular Hbond substituents is 1. The number of benzene rings is 2. The maximum Gasteiger partial charge on any atom is 0.116 e. The van der Waals surface area contributed by atoms with Crippen molar-refractivity contribution in [1.29, 1.82) is 0 Å². The average Bonchev–Trinajstić information content (AvgIpc) is 2.51. The van der Waals surface area contributed by atoms with E-state index in [2.05, 4.69) is 28.4 Å². The lowest BCUT2D eigenvalue weighted by Gasteiger charge is -2.43. The number of hydrogen-bond acceptors (Lipinski definition) is 3. The monoisotopic (exact) mass is 296 g/mol. The summed E-state index contributed by atoms with van der Waals surface area (Å²) in [5.74, 6) is 1.16. The molecule has 2 aromatic rings. The first-order valence-corrected chi connectivity index (χ1v) is 8.49. The van der Waals surface area contributed by atoms with Crippen LogP contribution < -0.4 is 5.32 Å². The first-order valence-electron chi connectivity index (χ1n) is 8.49. The largest absolute Gasteiger partial charge is 0.508 e. The van der Waals surface area contributed by atoms with Crippen LogP contribution >= 0.6 is 0 Å². The second-order valence-corrected chi connectivity index (χ2v) is 6.71. The third kappa shape index (κ3) is 2.59. The van der Waals surface area contributed by atoms with Crippen LogP contribution in [0.25, 0.3) is 10.8 Å². The summed E-state index contributed by atoms with van der Waals surface area (Å²) in [4.78, 5) is 2.67. The summed E-state index contributed by atoms with van der Waals surface area (Å²) < 4.78 is 0.